The summed E-state index contributed by atoms with van der Waals surface area (Å²) in [6, 6.07) is 6.36. The number of morpholine rings is 1. The molecule has 1 aromatic heterocycles. The zero-order valence-corrected chi connectivity index (χ0v) is 12.2. The van der Waals surface area contributed by atoms with Crippen molar-refractivity contribution in [3.05, 3.63) is 47.3 Å². The molecule has 2 heterocycles. The molecule has 1 aromatic carbocycles. The van der Waals surface area contributed by atoms with Gasteiger partial charge in [-0.1, -0.05) is 0 Å². The normalized spacial score (nSPS) is 19.0. The van der Waals surface area contributed by atoms with Gasteiger partial charge in [-0.25, -0.2) is 4.39 Å². The van der Waals surface area contributed by atoms with Crippen molar-refractivity contribution >= 4 is 0 Å². The van der Waals surface area contributed by atoms with E-state index in [1.807, 2.05) is 11.6 Å². The maximum absolute atomic E-state index is 13.4. The fourth-order valence-corrected chi connectivity index (χ4v) is 2.63. The molecular weight excluding hydrogens is 285 g/mol. The Morgan fingerprint density at radius 3 is 3.09 bits per heavy atom. The van der Waals surface area contributed by atoms with Gasteiger partial charge in [0, 0.05) is 26.7 Å². The van der Waals surface area contributed by atoms with Gasteiger partial charge < -0.3 is 9.30 Å². The Balaban J connectivity index is 1.75. The molecule has 1 fully saturated rings. The van der Waals surface area contributed by atoms with Crippen molar-refractivity contribution in [2.24, 2.45) is 7.05 Å². The van der Waals surface area contributed by atoms with Crippen molar-refractivity contribution in [2.45, 2.75) is 12.6 Å². The van der Waals surface area contributed by atoms with Crippen LogP contribution in [0.2, 0.25) is 0 Å². The second-order valence-electron chi connectivity index (χ2n) is 5.31. The van der Waals surface area contributed by atoms with Gasteiger partial charge in [0.1, 0.15) is 18.2 Å². The lowest BCUT2D eigenvalue weighted by atomic mass is 10.1. The van der Waals surface area contributed by atoms with Crippen LogP contribution in [0.25, 0.3) is 0 Å². The molecule has 6 nitrogen and oxygen atoms in total. The van der Waals surface area contributed by atoms with Gasteiger partial charge in [-0.2, -0.15) is 5.26 Å². The highest BCUT2D eigenvalue weighted by Gasteiger charge is 2.25. The van der Waals surface area contributed by atoms with Crippen LogP contribution in [-0.2, 0) is 18.3 Å². The molecule has 0 radical (unpaired) electrons. The maximum atomic E-state index is 13.4. The highest BCUT2D eigenvalue weighted by molar-refractivity contribution is 5.37. The molecular formula is C15H16FN5O. The molecule has 0 unspecified atom stereocenters. The summed E-state index contributed by atoms with van der Waals surface area (Å²) in [5.74, 6) is 0.441. The van der Waals surface area contributed by atoms with Crippen molar-refractivity contribution in [3.8, 4) is 6.07 Å². The van der Waals surface area contributed by atoms with Gasteiger partial charge >= 0.3 is 0 Å². The second-order valence-corrected chi connectivity index (χ2v) is 5.31. The summed E-state index contributed by atoms with van der Waals surface area (Å²) >= 11 is 0. The molecule has 0 saturated carbocycles. The summed E-state index contributed by atoms with van der Waals surface area (Å²) in [7, 11) is 1.87. The highest BCUT2D eigenvalue weighted by Crippen LogP contribution is 2.22. The lowest BCUT2D eigenvalue weighted by molar-refractivity contribution is -0.0386. The molecule has 0 amide bonds. The topological polar surface area (TPSA) is 67.0 Å². The molecule has 1 aliphatic rings. The van der Waals surface area contributed by atoms with Crippen molar-refractivity contribution < 1.29 is 9.13 Å². The molecule has 114 valence electrons. The van der Waals surface area contributed by atoms with Crippen LogP contribution in [0.4, 0.5) is 4.39 Å². The monoisotopic (exact) mass is 301 g/mol. The molecule has 3 rings (SSSR count). The van der Waals surface area contributed by atoms with Gasteiger partial charge in [-0.05, 0) is 23.8 Å². The van der Waals surface area contributed by atoms with Gasteiger partial charge in [0.25, 0.3) is 0 Å². The number of rotatable bonds is 3. The third kappa shape index (κ3) is 2.98. The predicted molar refractivity (Wildman–Crippen MR) is 76.1 cm³/mol. The summed E-state index contributed by atoms with van der Waals surface area (Å²) < 4.78 is 21.0. The Morgan fingerprint density at radius 1 is 1.50 bits per heavy atom. The van der Waals surface area contributed by atoms with E-state index in [1.54, 1.807) is 6.33 Å². The lowest BCUT2D eigenvalue weighted by Gasteiger charge is -2.32. The Hall–Kier alpha value is -2.30. The summed E-state index contributed by atoms with van der Waals surface area (Å²) in [6.07, 6.45) is 1.47. The van der Waals surface area contributed by atoms with Crippen LogP contribution in [0.3, 0.4) is 0 Å². The fraction of sp³-hybridized carbons (Fsp3) is 0.400. The van der Waals surface area contributed by atoms with Crippen LogP contribution in [0.1, 0.15) is 23.1 Å². The van der Waals surface area contributed by atoms with Crippen LogP contribution < -0.4 is 0 Å². The van der Waals surface area contributed by atoms with E-state index in [0.29, 0.717) is 30.8 Å². The van der Waals surface area contributed by atoms with Crippen molar-refractivity contribution in [3.63, 3.8) is 0 Å². The number of ether oxygens (including phenoxy) is 1. The average Bonchev–Trinajstić information content (AvgIpc) is 2.94. The number of hydrogen-bond acceptors (Lipinski definition) is 5. The number of aromatic nitrogens is 3. The van der Waals surface area contributed by atoms with E-state index in [4.69, 9.17) is 10.00 Å². The summed E-state index contributed by atoms with van der Waals surface area (Å²) in [4.78, 5) is 2.14. The standard InChI is InChI=1S/C15H16FN5O/c1-20-10-18-19-15(20)14-9-21(4-5-22-14)8-12-6-13(16)3-2-11(12)7-17/h2-3,6,10,14H,4-5,8-9H2,1H3/t14-/m0/s1. The Labute approximate surface area is 127 Å². The average molecular weight is 301 g/mol. The quantitative estimate of drug-likeness (QED) is 0.857. The smallest absolute Gasteiger partial charge is 0.163 e. The number of nitrogens with zero attached hydrogens (tertiary/aromatic N) is 5. The summed E-state index contributed by atoms with van der Waals surface area (Å²) in [6.45, 7) is 2.44. The van der Waals surface area contributed by atoms with E-state index in [-0.39, 0.29) is 11.9 Å². The molecule has 1 atom stereocenters. The molecule has 2 aromatic rings. The molecule has 0 bridgehead atoms. The maximum Gasteiger partial charge on any atom is 0.163 e. The molecule has 0 spiro atoms. The summed E-state index contributed by atoms with van der Waals surface area (Å²) in [5.41, 5.74) is 1.20. The third-order valence-corrected chi connectivity index (χ3v) is 3.77. The number of hydrogen-bond donors (Lipinski definition) is 0. The first-order valence-electron chi connectivity index (χ1n) is 7.03. The Kier molecular flexibility index (Phi) is 4.13. The first-order chi connectivity index (χ1) is 10.7. The highest BCUT2D eigenvalue weighted by atomic mass is 19.1. The van der Waals surface area contributed by atoms with Gasteiger partial charge in [-0.15, -0.1) is 10.2 Å². The first-order valence-corrected chi connectivity index (χ1v) is 7.03. The minimum absolute atomic E-state index is 0.166. The molecule has 1 saturated heterocycles. The predicted octanol–water partition coefficient (Wildman–Crippen LogP) is 1.40. The minimum Gasteiger partial charge on any atom is -0.368 e. The lowest BCUT2D eigenvalue weighted by Crippen LogP contribution is -2.38. The van der Waals surface area contributed by atoms with E-state index in [2.05, 4.69) is 21.2 Å². The van der Waals surface area contributed by atoms with Crippen molar-refractivity contribution in [1.29, 1.82) is 5.26 Å². The van der Waals surface area contributed by atoms with Crippen LogP contribution in [0.5, 0.6) is 0 Å². The summed E-state index contributed by atoms with van der Waals surface area (Å²) in [5, 5.41) is 17.1. The number of benzene rings is 1. The molecule has 0 N–H and O–H groups in total. The van der Waals surface area contributed by atoms with Gasteiger partial charge in [0.15, 0.2) is 5.82 Å². The molecule has 22 heavy (non-hydrogen) atoms. The SMILES string of the molecule is Cn1cnnc1[C@@H]1CN(Cc2cc(F)ccc2C#N)CCO1. The fourth-order valence-electron chi connectivity index (χ4n) is 2.63. The van der Waals surface area contributed by atoms with E-state index in [0.717, 1.165) is 12.4 Å². The van der Waals surface area contributed by atoms with E-state index < -0.39 is 0 Å². The van der Waals surface area contributed by atoms with Crippen molar-refractivity contribution in [1.82, 2.24) is 19.7 Å². The van der Waals surface area contributed by atoms with Crippen LogP contribution >= 0.6 is 0 Å². The third-order valence-electron chi connectivity index (χ3n) is 3.77. The Bertz CT molecular complexity index is 708. The van der Waals surface area contributed by atoms with E-state index >= 15 is 0 Å². The van der Waals surface area contributed by atoms with Gasteiger partial charge in [-0.3, -0.25) is 4.90 Å². The van der Waals surface area contributed by atoms with E-state index in [9.17, 15) is 4.39 Å². The first kappa shape index (κ1) is 14.6. The van der Waals surface area contributed by atoms with E-state index in [1.165, 1.54) is 18.2 Å². The van der Waals surface area contributed by atoms with Gasteiger partial charge in [0.05, 0.1) is 18.2 Å². The number of nitriles is 1. The largest absolute Gasteiger partial charge is 0.368 e. The molecule has 1 aliphatic heterocycles. The Morgan fingerprint density at radius 2 is 2.36 bits per heavy atom. The number of aryl methyl sites for hydroxylation is 1. The van der Waals surface area contributed by atoms with Crippen LogP contribution in [-0.4, -0.2) is 39.4 Å². The minimum atomic E-state index is -0.327. The zero-order valence-electron chi connectivity index (χ0n) is 12.2. The molecule has 7 heteroatoms. The zero-order chi connectivity index (χ0) is 15.5. The van der Waals surface area contributed by atoms with Gasteiger partial charge in [0.2, 0.25) is 0 Å². The number of halogens is 1. The van der Waals surface area contributed by atoms with Crippen molar-refractivity contribution in [2.75, 3.05) is 19.7 Å². The molecule has 0 aliphatic carbocycles. The van der Waals surface area contributed by atoms with Crippen LogP contribution in [0.15, 0.2) is 24.5 Å². The van der Waals surface area contributed by atoms with Crippen LogP contribution in [0, 0.1) is 17.1 Å². The second kappa shape index (κ2) is 6.22.